The molecule has 11 heavy (non-hydrogen) atoms. The van der Waals surface area contributed by atoms with E-state index in [0.29, 0.717) is 0 Å². The van der Waals surface area contributed by atoms with E-state index in [0.717, 1.165) is 11.3 Å². The number of carbonyl (C=O) groups excluding carboxylic acids is 1. The second-order valence-electron chi connectivity index (χ2n) is 2.33. The molecule has 1 aromatic heterocycles. The van der Waals surface area contributed by atoms with Gasteiger partial charge in [0, 0.05) is 5.56 Å². The lowest BCUT2D eigenvalue weighted by atomic mass is 10.1. The fourth-order valence-corrected chi connectivity index (χ4v) is 0.977. The van der Waals surface area contributed by atoms with Crippen molar-refractivity contribution in [1.82, 2.24) is 0 Å². The Labute approximate surface area is 64.7 Å². The minimum absolute atomic E-state index is 0.147. The topological polar surface area (TPSA) is 42.6 Å². The van der Waals surface area contributed by atoms with Crippen molar-refractivity contribution < 1.29 is 9.21 Å². The lowest BCUT2D eigenvalue weighted by molar-refractivity contribution is 0.525. The van der Waals surface area contributed by atoms with Gasteiger partial charge in [0.05, 0.1) is 12.3 Å². The van der Waals surface area contributed by atoms with Gasteiger partial charge in [-0.1, -0.05) is 0 Å². The van der Waals surface area contributed by atoms with Crippen LogP contribution in [0.4, 0.5) is 0 Å². The molecule has 0 saturated carbocycles. The smallest absolute Gasteiger partial charge is 0.235 e. The molecule has 1 atom stereocenters. The van der Waals surface area contributed by atoms with Crippen LogP contribution >= 0.6 is 0 Å². The zero-order chi connectivity index (χ0) is 8.27. The van der Waals surface area contributed by atoms with Crippen molar-refractivity contribution in [2.75, 3.05) is 0 Å². The van der Waals surface area contributed by atoms with Gasteiger partial charge >= 0.3 is 0 Å². The minimum atomic E-state index is -0.147. The summed E-state index contributed by atoms with van der Waals surface area (Å²) in [4.78, 5) is 13.5. The minimum Gasteiger partial charge on any atom is -0.469 e. The first-order valence-electron chi connectivity index (χ1n) is 3.36. The Bertz CT molecular complexity index is 284. The maximum atomic E-state index is 9.90. The maximum absolute atomic E-state index is 9.90. The summed E-state index contributed by atoms with van der Waals surface area (Å²) in [6, 6.07) is 1.66. The third kappa shape index (κ3) is 1.57. The van der Waals surface area contributed by atoms with Crippen LogP contribution in [0.3, 0.4) is 0 Å². The number of hydrogen-bond donors (Lipinski definition) is 0. The Morgan fingerprint density at radius 2 is 2.45 bits per heavy atom. The van der Waals surface area contributed by atoms with E-state index in [1.54, 1.807) is 12.3 Å². The van der Waals surface area contributed by atoms with Crippen LogP contribution in [0.15, 0.2) is 21.7 Å². The lowest BCUT2D eigenvalue weighted by Gasteiger charge is -1.99. The fourth-order valence-electron chi connectivity index (χ4n) is 0.977. The predicted molar refractivity (Wildman–Crippen MR) is 40.0 cm³/mol. The quantitative estimate of drug-likeness (QED) is 0.479. The number of isocyanates is 1. The molecular weight excluding hydrogens is 142 g/mol. The Morgan fingerprint density at radius 3 is 2.91 bits per heavy atom. The van der Waals surface area contributed by atoms with Crippen LogP contribution in [-0.2, 0) is 4.79 Å². The first-order chi connectivity index (χ1) is 5.25. The van der Waals surface area contributed by atoms with Gasteiger partial charge in [-0.2, -0.15) is 4.99 Å². The first kappa shape index (κ1) is 7.76. The van der Waals surface area contributed by atoms with E-state index in [1.165, 1.54) is 6.08 Å². The molecule has 0 aromatic carbocycles. The molecular formula is C8H9NO2. The largest absolute Gasteiger partial charge is 0.469 e. The lowest BCUT2D eigenvalue weighted by Crippen LogP contribution is -1.87. The van der Waals surface area contributed by atoms with Crippen LogP contribution in [0.5, 0.6) is 0 Å². The molecule has 0 saturated heterocycles. The molecule has 0 N–H and O–H groups in total. The van der Waals surface area contributed by atoms with Crippen LogP contribution in [0.2, 0.25) is 0 Å². The number of hydrogen-bond acceptors (Lipinski definition) is 3. The number of aryl methyl sites for hydroxylation is 1. The molecule has 0 spiro atoms. The molecule has 0 aliphatic heterocycles. The number of rotatable bonds is 2. The van der Waals surface area contributed by atoms with Gasteiger partial charge in [0.25, 0.3) is 0 Å². The van der Waals surface area contributed by atoms with Crippen molar-refractivity contribution >= 4 is 6.08 Å². The van der Waals surface area contributed by atoms with Crippen LogP contribution in [0.1, 0.15) is 24.3 Å². The summed E-state index contributed by atoms with van der Waals surface area (Å²) in [6.45, 7) is 3.66. The Kier molecular flexibility index (Phi) is 2.24. The second-order valence-corrected chi connectivity index (χ2v) is 2.33. The second kappa shape index (κ2) is 3.17. The molecule has 1 rings (SSSR count). The molecule has 3 nitrogen and oxygen atoms in total. The van der Waals surface area contributed by atoms with E-state index in [9.17, 15) is 4.79 Å². The highest BCUT2D eigenvalue weighted by molar-refractivity contribution is 5.35. The number of nitrogens with zero attached hydrogens (tertiary/aromatic N) is 1. The average Bonchev–Trinajstić information content (AvgIpc) is 2.36. The van der Waals surface area contributed by atoms with E-state index in [2.05, 4.69) is 4.99 Å². The van der Waals surface area contributed by atoms with Crippen molar-refractivity contribution in [2.45, 2.75) is 19.9 Å². The van der Waals surface area contributed by atoms with E-state index < -0.39 is 0 Å². The third-order valence-electron chi connectivity index (χ3n) is 1.60. The molecule has 58 valence electrons. The molecule has 0 aliphatic carbocycles. The van der Waals surface area contributed by atoms with Crippen LogP contribution in [-0.4, -0.2) is 6.08 Å². The van der Waals surface area contributed by atoms with E-state index in [1.807, 2.05) is 13.8 Å². The molecule has 0 amide bonds. The first-order valence-corrected chi connectivity index (χ1v) is 3.36. The van der Waals surface area contributed by atoms with Gasteiger partial charge in [-0.05, 0) is 19.9 Å². The highest BCUT2D eigenvalue weighted by Crippen LogP contribution is 2.20. The van der Waals surface area contributed by atoms with Gasteiger partial charge in [-0.15, -0.1) is 0 Å². The molecule has 0 fully saturated rings. The normalized spacial score (nSPS) is 12.2. The van der Waals surface area contributed by atoms with Gasteiger partial charge in [0.1, 0.15) is 5.76 Å². The summed E-state index contributed by atoms with van der Waals surface area (Å²) in [5, 5.41) is 0. The fraction of sp³-hybridized carbons (Fsp3) is 0.375. The van der Waals surface area contributed by atoms with Crippen molar-refractivity contribution in [2.24, 2.45) is 4.99 Å². The predicted octanol–water partition coefficient (Wildman–Crippen LogP) is 1.98. The van der Waals surface area contributed by atoms with Gasteiger partial charge in [-0.3, -0.25) is 0 Å². The van der Waals surface area contributed by atoms with Crippen LogP contribution < -0.4 is 0 Å². The molecule has 3 heteroatoms. The summed E-state index contributed by atoms with van der Waals surface area (Å²) >= 11 is 0. The van der Waals surface area contributed by atoms with Crippen molar-refractivity contribution in [1.29, 1.82) is 0 Å². The molecule has 0 radical (unpaired) electrons. The summed E-state index contributed by atoms with van der Waals surface area (Å²) in [5.41, 5.74) is 0.938. The van der Waals surface area contributed by atoms with Crippen molar-refractivity contribution in [3.05, 3.63) is 23.7 Å². The van der Waals surface area contributed by atoms with E-state index >= 15 is 0 Å². The average molecular weight is 151 g/mol. The standard InChI is InChI=1S/C8H9NO2/c1-6(9-5-10)8-3-4-11-7(8)2/h3-4,6H,1-2H3. The Morgan fingerprint density at radius 1 is 1.73 bits per heavy atom. The van der Waals surface area contributed by atoms with Gasteiger partial charge < -0.3 is 4.42 Å². The van der Waals surface area contributed by atoms with Crippen molar-refractivity contribution in [3.63, 3.8) is 0 Å². The molecule has 1 heterocycles. The highest BCUT2D eigenvalue weighted by atomic mass is 16.3. The Balaban J connectivity index is 2.92. The van der Waals surface area contributed by atoms with E-state index in [-0.39, 0.29) is 6.04 Å². The van der Waals surface area contributed by atoms with Crippen molar-refractivity contribution in [3.8, 4) is 0 Å². The molecule has 1 aromatic rings. The SMILES string of the molecule is Cc1occc1C(C)N=C=O. The van der Waals surface area contributed by atoms with Gasteiger partial charge in [0.15, 0.2) is 0 Å². The molecule has 0 bridgehead atoms. The maximum Gasteiger partial charge on any atom is 0.235 e. The number of furan rings is 1. The van der Waals surface area contributed by atoms with Gasteiger partial charge in [-0.25, -0.2) is 4.79 Å². The van der Waals surface area contributed by atoms with Crippen LogP contribution in [0, 0.1) is 6.92 Å². The summed E-state index contributed by atoms with van der Waals surface area (Å²) < 4.78 is 5.04. The highest BCUT2D eigenvalue weighted by Gasteiger charge is 2.08. The van der Waals surface area contributed by atoms with Crippen LogP contribution in [0.25, 0.3) is 0 Å². The zero-order valence-corrected chi connectivity index (χ0v) is 6.50. The molecule has 0 aliphatic rings. The van der Waals surface area contributed by atoms with Gasteiger partial charge in [0.2, 0.25) is 6.08 Å². The number of aliphatic imine (C=N–C) groups is 1. The molecule has 1 unspecified atom stereocenters. The Hall–Kier alpha value is -1.34. The summed E-state index contributed by atoms with van der Waals surface area (Å²) in [7, 11) is 0. The van der Waals surface area contributed by atoms with E-state index in [4.69, 9.17) is 4.42 Å². The monoisotopic (exact) mass is 151 g/mol. The summed E-state index contributed by atoms with van der Waals surface area (Å²) in [6.07, 6.45) is 3.10. The summed E-state index contributed by atoms with van der Waals surface area (Å²) in [5.74, 6) is 0.802. The third-order valence-corrected chi connectivity index (χ3v) is 1.60. The zero-order valence-electron chi connectivity index (χ0n) is 6.50.